The van der Waals surface area contributed by atoms with E-state index in [0.29, 0.717) is 34.6 Å². The number of amides is 1. The Kier molecular flexibility index (Phi) is 4.58. The highest BCUT2D eigenvalue weighted by Gasteiger charge is 2.25. The van der Waals surface area contributed by atoms with Crippen LogP contribution in [0.2, 0.25) is 5.02 Å². The number of carbonyl (C=O) groups is 1. The van der Waals surface area contributed by atoms with E-state index in [4.69, 9.17) is 11.6 Å². The van der Waals surface area contributed by atoms with E-state index in [9.17, 15) is 9.59 Å². The second-order valence-corrected chi connectivity index (χ2v) is 7.02. The molecular formula is C20H19ClN4O2. The van der Waals surface area contributed by atoms with Crippen LogP contribution in [-0.4, -0.2) is 46.8 Å². The van der Waals surface area contributed by atoms with Crippen LogP contribution in [0.15, 0.2) is 53.3 Å². The van der Waals surface area contributed by atoms with Gasteiger partial charge in [0.25, 0.3) is 11.5 Å². The third-order valence-corrected chi connectivity index (χ3v) is 5.17. The molecule has 2 heterocycles. The van der Waals surface area contributed by atoms with Crippen LogP contribution >= 0.6 is 11.6 Å². The van der Waals surface area contributed by atoms with Crippen molar-refractivity contribution in [2.45, 2.75) is 0 Å². The van der Waals surface area contributed by atoms with Crippen molar-refractivity contribution in [3.05, 3.63) is 69.6 Å². The standard InChI is InChI=1S/C20H19ClN4O2/c1-23-19(26)17-5-3-2-4-16(17)18(22-23)20(27)25-12-10-24(11-13-25)15-8-6-14(21)7-9-15/h2-9H,10-13H2,1H3. The monoisotopic (exact) mass is 382 g/mol. The lowest BCUT2D eigenvalue weighted by atomic mass is 10.1. The summed E-state index contributed by atoms with van der Waals surface area (Å²) < 4.78 is 1.24. The zero-order valence-corrected chi connectivity index (χ0v) is 15.7. The van der Waals surface area contributed by atoms with Crippen LogP contribution in [0.4, 0.5) is 5.69 Å². The van der Waals surface area contributed by atoms with Crippen LogP contribution in [0, 0.1) is 0 Å². The van der Waals surface area contributed by atoms with E-state index in [0.717, 1.165) is 18.8 Å². The summed E-state index contributed by atoms with van der Waals surface area (Å²) in [5.41, 5.74) is 1.22. The fourth-order valence-electron chi connectivity index (χ4n) is 3.43. The van der Waals surface area contributed by atoms with Crippen LogP contribution < -0.4 is 10.5 Å². The number of aryl methyl sites for hydroxylation is 1. The van der Waals surface area contributed by atoms with Crippen molar-refractivity contribution >= 4 is 34.0 Å². The van der Waals surface area contributed by atoms with Crippen molar-refractivity contribution in [1.29, 1.82) is 0 Å². The molecule has 7 heteroatoms. The number of halogens is 1. The number of carbonyl (C=O) groups excluding carboxylic acids is 1. The highest BCUT2D eigenvalue weighted by atomic mass is 35.5. The van der Waals surface area contributed by atoms with E-state index in [1.807, 2.05) is 30.3 Å². The summed E-state index contributed by atoms with van der Waals surface area (Å²) >= 11 is 5.95. The maximum Gasteiger partial charge on any atom is 0.275 e. The van der Waals surface area contributed by atoms with Gasteiger partial charge in [-0.15, -0.1) is 0 Å². The Hall–Kier alpha value is -2.86. The lowest BCUT2D eigenvalue weighted by Crippen LogP contribution is -2.49. The highest BCUT2D eigenvalue weighted by Crippen LogP contribution is 2.21. The van der Waals surface area contributed by atoms with E-state index < -0.39 is 0 Å². The Labute approximate surface area is 161 Å². The van der Waals surface area contributed by atoms with Crippen LogP contribution in [0.5, 0.6) is 0 Å². The number of piperazine rings is 1. The Morgan fingerprint density at radius 2 is 1.59 bits per heavy atom. The minimum atomic E-state index is -0.199. The van der Waals surface area contributed by atoms with Crippen LogP contribution in [0.3, 0.4) is 0 Å². The fourth-order valence-corrected chi connectivity index (χ4v) is 3.55. The third kappa shape index (κ3) is 3.28. The molecule has 0 unspecified atom stereocenters. The first kappa shape index (κ1) is 17.5. The normalized spacial score (nSPS) is 14.6. The Morgan fingerprint density at radius 1 is 0.963 bits per heavy atom. The van der Waals surface area contributed by atoms with E-state index in [1.165, 1.54) is 4.68 Å². The van der Waals surface area contributed by atoms with Crippen molar-refractivity contribution in [1.82, 2.24) is 14.7 Å². The molecule has 138 valence electrons. The van der Waals surface area contributed by atoms with Gasteiger partial charge < -0.3 is 9.80 Å². The molecule has 2 aromatic carbocycles. The molecule has 0 atom stereocenters. The Bertz CT molecular complexity index is 1050. The van der Waals surface area contributed by atoms with Crippen LogP contribution in [0.25, 0.3) is 10.8 Å². The molecule has 1 saturated heterocycles. The highest BCUT2D eigenvalue weighted by molar-refractivity contribution is 6.30. The fraction of sp³-hybridized carbons (Fsp3) is 0.250. The molecule has 0 N–H and O–H groups in total. The second kappa shape index (κ2) is 7.04. The summed E-state index contributed by atoms with van der Waals surface area (Å²) in [4.78, 5) is 29.4. The van der Waals surface area contributed by atoms with E-state index in [-0.39, 0.29) is 11.5 Å². The topological polar surface area (TPSA) is 58.4 Å². The summed E-state index contributed by atoms with van der Waals surface area (Å²) in [5.74, 6) is -0.141. The van der Waals surface area contributed by atoms with Gasteiger partial charge in [-0.05, 0) is 30.3 Å². The quantitative estimate of drug-likeness (QED) is 0.683. The summed E-state index contributed by atoms with van der Waals surface area (Å²) in [6.07, 6.45) is 0. The number of fused-ring (bicyclic) bond motifs is 1. The summed E-state index contributed by atoms with van der Waals surface area (Å²) in [5, 5.41) is 6.07. The number of aromatic nitrogens is 2. The van der Waals surface area contributed by atoms with Gasteiger partial charge in [-0.25, -0.2) is 4.68 Å². The van der Waals surface area contributed by atoms with Gasteiger partial charge >= 0.3 is 0 Å². The van der Waals surface area contributed by atoms with Crippen molar-refractivity contribution in [3.63, 3.8) is 0 Å². The molecule has 1 aliphatic heterocycles. The van der Waals surface area contributed by atoms with Gasteiger partial charge in [0.05, 0.1) is 5.39 Å². The molecule has 6 nitrogen and oxygen atoms in total. The maximum absolute atomic E-state index is 13.1. The van der Waals surface area contributed by atoms with Gasteiger partial charge in [0.15, 0.2) is 5.69 Å². The van der Waals surface area contributed by atoms with Gasteiger partial charge in [-0.3, -0.25) is 9.59 Å². The number of hydrogen-bond acceptors (Lipinski definition) is 4. The smallest absolute Gasteiger partial charge is 0.275 e. The lowest BCUT2D eigenvalue weighted by molar-refractivity contribution is 0.0740. The van der Waals surface area contributed by atoms with Gasteiger partial charge in [0.2, 0.25) is 0 Å². The minimum absolute atomic E-state index is 0.141. The lowest BCUT2D eigenvalue weighted by Gasteiger charge is -2.36. The molecule has 1 aromatic heterocycles. The van der Waals surface area contributed by atoms with Gasteiger partial charge in [-0.2, -0.15) is 5.10 Å². The Balaban J connectivity index is 1.57. The Morgan fingerprint density at radius 3 is 2.26 bits per heavy atom. The average Bonchev–Trinajstić information content (AvgIpc) is 2.71. The molecule has 0 radical (unpaired) electrons. The van der Waals surface area contributed by atoms with Gasteiger partial charge in [-0.1, -0.05) is 29.8 Å². The van der Waals surface area contributed by atoms with Crippen molar-refractivity contribution < 1.29 is 4.79 Å². The maximum atomic E-state index is 13.1. The van der Waals surface area contributed by atoms with E-state index >= 15 is 0 Å². The molecule has 4 rings (SSSR count). The van der Waals surface area contributed by atoms with Crippen molar-refractivity contribution in [3.8, 4) is 0 Å². The first-order valence-corrected chi connectivity index (χ1v) is 9.18. The zero-order valence-electron chi connectivity index (χ0n) is 14.9. The molecule has 1 fully saturated rings. The minimum Gasteiger partial charge on any atom is -0.368 e. The summed E-state index contributed by atoms with van der Waals surface area (Å²) in [6.45, 7) is 2.66. The molecule has 1 aliphatic rings. The predicted molar refractivity (Wildman–Crippen MR) is 107 cm³/mol. The van der Waals surface area contributed by atoms with Gasteiger partial charge in [0.1, 0.15) is 0 Å². The number of rotatable bonds is 2. The largest absolute Gasteiger partial charge is 0.368 e. The number of benzene rings is 2. The molecule has 0 aliphatic carbocycles. The second-order valence-electron chi connectivity index (χ2n) is 6.58. The van der Waals surface area contributed by atoms with E-state index in [1.54, 1.807) is 30.1 Å². The molecule has 1 amide bonds. The zero-order chi connectivity index (χ0) is 19.0. The van der Waals surface area contributed by atoms with Gasteiger partial charge in [0, 0.05) is 49.3 Å². The third-order valence-electron chi connectivity index (χ3n) is 4.92. The van der Waals surface area contributed by atoms with Crippen LogP contribution in [-0.2, 0) is 7.05 Å². The summed E-state index contributed by atoms with van der Waals surface area (Å²) in [6, 6.07) is 14.8. The molecule has 0 saturated carbocycles. The predicted octanol–water partition coefficient (Wildman–Crippen LogP) is 2.55. The first-order chi connectivity index (χ1) is 13.0. The first-order valence-electron chi connectivity index (χ1n) is 8.80. The molecule has 3 aromatic rings. The van der Waals surface area contributed by atoms with Crippen molar-refractivity contribution in [2.75, 3.05) is 31.1 Å². The van der Waals surface area contributed by atoms with Crippen LogP contribution in [0.1, 0.15) is 10.5 Å². The number of anilines is 1. The summed E-state index contributed by atoms with van der Waals surface area (Å²) in [7, 11) is 1.57. The SMILES string of the molecule is Cn1nc(C(=O)N2CCN(c3ccc(Cl)cc3)CC2)c2ccccc2c1=O. The molecule has 27 heavy (non-hydrogen) atoms. The molecule has 0 bridgehead atoms. The number of hydrogen-bond donors (Lipinski definition) is 0. The number of nitrogens with zero attached hydrogens (tertiary/aromatic N) is 4. The van der Waals surface area contributed by atoms with Crippen molar-refractivity contribution in [2.24, 2.45) is 7.05 Å². The van der Waals surface area contributed by atoms with E-state index in [2.05, 4.69) is 10.00 Å². The average molecular weight is 383 g/mol. The molecule has 0 spiro atoms. The molecular weight excluding hydrogens is 364 g/mol.